The summed E-state index contributed by atoms with van der Waals surface area (Å²) in [5.41, 5.74) is 2.75. The van der Waals surface area contributed by atoms with Gasteiger partial charge in [0.2, 0.25) is 0 Å². The lowest BCUT2D eigenvalue weighted by atomic mass is 9.89. The third-order valence-corrected chi connectivity index (χ3v) is 10.6. The van der Waals surface area contributed by atoms with Gasteiger partial charge in [-0.05, 0) is 60.8 Å². The van der Waals surface area contributed by atoms with E-state index in [1.807, 2.05) is 23.5 Å². The van der Waals surface area contributed by atoms with Crippen LogP contribution < -0.4 is 10.6 Å². The highest BCUT2D eigenvalue weighted by molar-refractivity contribution is 9.10. The smallest absolute Gasteiger partial charge is 0.159 e. The Labute approximate surface area is 240 Å². The fourth-order valence-corrected chi connectivity index (χ4v) is 8.14. The molecule has 2 aliphatic carbocycles. The number of nitrogens with one attached hydrogen (secondary N) is 2. The van der Waals surface area contributed by atoms with Crippen LogP contribution in [-0.4, -0.2) is 59.9 Å². The Morgan fingerprint density at radius 1 is 0.730 bits per heavy atom. The molecular weight excluding hydrogens is 564 g/mol. The fraction of sp³-hybridized carbons (Fsp3) is 0.714. The lowest BCUT2D eigenvalue weighted by Gasteiger charge is -2.31. The molecule has 0 aromatic heterocycles. The molecular formula is C28H43BrN6S2. The van der Waals surface area contributed by atoms with Crippen molar-refractivity contribution in [3.05, 3.63) is 33.8 Å². The molecule has 2 fully saturated rings. The van der Waals surface area contributed by atoms with Crippen LogP contribution in [0, 0.1) is 11.8 Å². The van der Waals surface area contributed by atoms with E-state index in [4.69, 9.17) is 9.98 Å². The molecule has 0 unspecified atom stereocenters. The van der Waals surface area contributed by atoms with Gasteiger partial charge in [0.05, 0.1) is 26.7 Å². The zero-order valence-electron chi connectivity index (χ0n) is 22.1. The molecule has 6 nitrogen and oxygen atoms in total. The molecule has 1 aromatic carbocycles. The van der Waals surface area contributed by atoms with E-state index >= 15 is 0 Å². The van der Waals surface area contributed by atoms with Gasteiger partial charge in [-0.3, -0.25) is 9.80 Å². The van der Waals surface area contributed by atoms with Crippen molar-refractivity contribution in [2.24, 2.45) is 21.8 Å². The molecule has 204 valence electrons. The molecule has 0 amide bonds. The molecule has 9 heteroatoms. The first kappa shape index (κ1) is 27.8. The van der Waals surface area contributed by atoms with Gasteiger partial charge in [0.1, 0.15) is 0 Å². The summed E-state index contributed by atoms with van der Waals surface area (Å²) in [5.74, 6) is 3.60. The number of amidine groups is 2. The standard InChI is InChI=1S/C28H43BrN6S2/c29-26-12-11-24(16-36-27-30-18-34(19-31-27)14-22-7-3-1-4-8-22)25(13-26)17-37-28-32-20-35(21-33-28)15-23-9-5-2-6-10-23/h11-13,22-23H,1-10,14-21H2,(H,30,31)(H,32,33). The van der Waals surface area contributed by atoms with Crippen molar-refractivity contribution in [1.29, 1.82) is 0 Å². The summed E-state index contributed by atoms with van der Waals surface area (Å²) >= 11 is 7.34. The number of halogens is 1. The Bertz CT molecular complexity index is 929. The van der Waals surface area contributed by atoms with Gasteiger partial charge in [-0.25, -0.2) is 9.98 Å². The Kier molecular flexibility index (Phi) is 11.0. The summed E-state index contributed by atoms with van der Waals surface area (Å²) in [5, 5.41) is 9.30. The van der Waals surface area contributed by atoms with Gasteiger partial charge in [0.15, 0.2) is 10.3 Å². The van der Waals surface area contributed by atoms with Crippen molar-refractivity contribution in [1.82, 2.24) is 20.4 Å². The van der Waals surface area contributed by atoms with Gasteiger partial charge in [-0.15, -0.1) is 0 Å². The fourth-order valence-electron chi connectivity index (χ4n) is 5.97. The third kappa shape index (κ3) is 8.88. The van der Waals surface area contributed by atoms with Crippen LogP contribution in [0.3, 0.4) is 0 Å². The predicted molar refractivity (Wildman–Crippen MR) is 164 cm³/mol. The number of rotatable bonds is 8. The van der Waals surface area contributed by atoms with Gasteiger partial charge < -0.3 is 10.6 Å². The zero-order chi connectivity index (χ0) is 25.3. The molecule has 0 bridgehead atoms. The SMILES string of the molecule is Brc1ccc(CSC2=NCN(CC3CCCCC3)CN2)c(CSC2=NCN(CC3CCCCC3)CN2)c1. The first-order valence-electron chi connectivity index (χ1n) is 14.3. The molecule has 5 rings (SSSR count). The van der Waals surface area contributed by atoms with Crippen molar-refractivity contribution in [2.75, 3.05) is 39.8 Å². The van der Waals surface area contributed by atoms with Crippen molar-refractivity contribution in [3.8, 4) is 0 Å². The lowest BCUT2D eigenvalue weighted by Crippen LogP contribution is -2.44. The van der Waals surface area contributed by atoms with Crippen LogP contribution in [0.25, 0.3) is 0 Å². The van der Waals surface area contributed by atoms with Crippen LogP contribution >= 0.6 is 39.5 Å². The molecule has 2 saturated carbocycles. The molecule has 0 atom stereocenters. The maximum atomic E-state index is 4.86. The van der Waals surface area contributed by atoms with E-state index in [0.717, 1.165) is 64.8 Å². The Morgan fingerprint density at radius 3 is 1.73 bits per heavy atom. The second kappa shape index (κ2) is 14.6. The average Bonchev–Trinajstić information content (AvgIpc) is 2.94. The third-order valence-electron chi connectivity index (χ3n) is 8.12. The number of aliphatic imine (C=N–C) groups is 2. The van der Waals surface area contributed by atoms with Gasteiger partial charge in [-0.1, -0.05) is 84.0 Å². The first-order chi connectivity index (χ1) is 18.2. The molecule has 2 heterocycles. The zero-order valence-corrected chi connectivity index (χ0v) is 25.3. The van der Waals surface area contributed by atoms with Crippen LogP contribution in [0.15, 0.2) is 32.7 Å². The molecule has 0 radical (unpaired) electrons. The van der Waals surface area contributed by atoms with Crippen molar-refractivity contribution >= 4 is 49.8 Å². The lowest BCUT2D eigenvalue weighted by molar-refractivity contribution is 0.196. The van der Waals surface area contributed by atoms with Crippen LogP contribution in [0.4, 0.5) is 0 Å². The second-order valence-electron chi connectivity index (χ2n) is 11.1. The van der Waals surface area contributed by atoms with E-state index in [9.17, 15) is 0 Å². The van der Waals surface area contributed by atoms with E-state index in [1.54, 1.807) is 0 Å². The Morgan fingerprint density at radius 2 is 1.24 bits per heavy atom. The van der Waals surface area contributed by atoms with Gasteiger partial charge in [0.25, 0.3) is 0 Å². The van der Waals surface area contributed by atoms with E-state index in [1.165, 1.54) is 88.4 Å². The number of benzene rings is 1. The van der Waals surface area contributed by atoms with Crippen LogP contribution in [0.5, 0.6) is 0 Å². The largest absolute Gasteiger partial charge is 0.352 e. The second-order valence-corrected chi connectivity index (χ2v) is 13.9. The summed E-state index contributed by atoms with van der Waals surface area (Å²) < 4.78 is 1.14. The molecule has 2 aliphatic heterocycles. The number of nitrogens with zero attached hydrogens (tertiary/aromatic N) is 4. The minimum absolute atomic E-state index is 0.830. The van der Waals surface area contributed by atoms with Crippen molar-refractivity contribution in [2.45, 2.75) is 75.7 Å². The molecule has 4 aliphatic rings. The minimum Gasteiger partial charge on any atom is -0.352 e. The van der Waals surface area contributed by atoms with Crippen molar-refractivity contribution < 1.29 is 0 Å². The number of hydrogen-bond donors (Lipinski definition) is 2. The maximum Gasteiger partial charge on any atom is 0.159 e. The monoisotopic (exact) mass is 606 g/mol. The minimum atomic E-state index is 0.830. The van der Waals surface area contributed by atoms with Gasteiger partial charge >= 0.3 is 0 Å². The molecule has 1 aromatic rings. The van der Waals surface area contributed by atoms with Crippen molar-refractivity contribution in [3.63, 3.8) is 0 Å². The summed E-state index contributed by atoms with van der Waals surface area (Å²) in [6.07, 6.45) is 14.1. The highest BCUT2D eigenvalue weighted by atomic mass is 79.9. The van der Waals surface area contributed by atoms with Gasteiger partial charge in [-0.2, -0.15) is 0 Å². The van der Waals surface area contributed by atoms with E-state index < -0.39 is 0 Å². The first-order valence-corrected chi connectivity index (χ1v) is 17.0. The summed E-state index contributed by atoms with van der Waals surface area (Å²) in [7, 11) is 0. The Hall–Kier alpha value is -0.740. The maximum absolute atomic E-state index is 4.86. The average molecular weight is 608 g/mol. The quantitative estimate of drug-likeness (QED) is 0.356. The topological polar surface area (TPSA) is 55.3 Å². The van der Waals surface area contributed by atoms with Crippen LogP contribution in [0.2, 0.25) is 0 Å². The molecule has 0 saturated heterocycles. The highest BCUT2D eigenvalue weighted by Gasteiger charge is 2.21. The van der Waals surface area contributed by atoms with Gasteiger partial charge in [0, 0.05) is 29.1 Å². The molecule has 2 N–H and O–H groups in total. The van der Waals surface area contributed by atoms with Crippen LogP contribution in [-0.2, 0) is 11.5 Å². The normalized spacial score (nSPS) is 22.7. The molecule has 37 heavy (non-hydrogen) atoms. The van der Waals surface area contributed by atoms with E-state index in [0.29, 0.717) is 0 Å². The summed E-state index contributed by atoms with van der Waals surface area (Å²) in [6, 6.07) is 6.68. The van der Waals surface area contributed by atoms with Crippen LogP contribution in [0.1, 0.15) is 75.3 Å². The van der Waals surface area contributed by atoms with E-state index in [-0.39, 0.29) is 0 Å². The Balaban J connectivity index is 1.07. The number of hydrogen-bond acceptors (Lipinski definition) is 8. The van der Waals surface area contributed by atoms with E-state index in [2.05, 4.69) is 54.6 Å². The molecule has 0 spiro atoms. The highest BCUT2D eigenvalue weighted by Crippen LogP contribution is 2.28. The number of thioether (sulfide) groups is 2. The summed E-state index contributed by atoms with van der Waals surface area (Å²) in [6.45, 7) is 5.90. The summed E-state index contributed by atoms with van der Waals surface area (Å²) in [4.78, 5) is 14.6. The predicted octanol–water partition coefficient (Wildman–Crippen LogP) is 6.43.